The molecule has 0 saturated heterocycles. The van der Waals surface area contributed by atoms with Gasteiger partial charge in [-0.2, -0.15) is 14.3 Å². The number of nitrogens with zero attached hydrogens (tertiary/aromatic N) is 2. The molecule has 0 bridgehead atoms. The maximum absolute atomic E-state index is 11.5. The fourth-order valence-corrected chi connectivity index (χ4v) is 3.13. The van der Waals surface area contributed by atoms with Gasteiger partial charge in [-0.05, 0) is 0 Å². The molecule has 7 N–H and O–H groups in total. The third-order valence-corrected chi connectivity index (χ3v) is 4.37. The highest BCUT2D eigenvalue weighted by atomic mass is 31.3. The molecule has 13 nitrogen and oxygen atoms in total. The Kier molecular flexibility index (Phi) is 4.38. The number of carbonyl (C=O) groups excluding carboxylic acids is 1. The summed E-state index contributed by atoms with van der Waals surface area (Å²) in [6.45, 7) is 0.169. The van der Waals surface area contributed by atoms with Gasteiger partial charge >= 0.3 is 15.6 Å². The normalized spacial score (nSPS) is 20.0. The average Bonchev–Trinajstić information content (AvgIpc) is 2.34. The number of carbonyl (C=O) groups is 1. The molecular formula is C7H11N5O8P2. The minimum Gasteiger partial charge on any atom is -0.383 e. The first-order valence-corrected chi connectivity index (χ1v) is 8.55. The van der Waals surface area contributed by atoms with E-state index in [0.29, 0.717) is 6.29 Å². The predicted octanol–water partition coefficient (Wildman–Crippen LogP) is -0.948. The second-order valence-electron chi connectivity index (χ2n) is 4.01. The number of fused-ring (bicyclic) bond motifs is 1. The highest BCUT2D eigenvalue weighted by Crippen LogP contribution is 2.58. The van der Waals surface area contributed by atoms with E-state index in [1.807, 2.05) is 0 Å². The molecule has 2 rings (SSSR count). The maximum Gasteiger partial charge on any atom is 0.537 e. The van der Waals surface area contributed by atoms with E-state index in [-0.39, 0.29) is 24.0 Å². The van der Waals surface area contributed by atoms with Crippen LogP contribution in [0.25, 0.3) is 0 Å². The summed E-state index contributed by atoms with van der Waals surface area (Å²) in [5.41, 5.74) is 5.31. The van der Waals surface area contributed by atoms with Crippen molar-refractivity contribution >= 4 is 39.4 Å². The summed E-state index contributed by atoms with van der Waals surface area (Å²) in [5, 5.41) is 5.32. The zero-order chi connectivity index (χ0) is 16.5. The average molecular weight is 355 g/mol. The van der Waals surface area contributed by atoms with Crippen LogP contribution in [0.15, 0.2) is 0 Å². The molecule has 0 saturated carbocycles. The van der Waals surface area contributed by atoms with Gasteiger partial charge in [0.15, 0.2) is 5.82 Å². The molecule has 2 heterocycles. The summed E-state index contributed by atoms with van der Waals surface area (Å²) in [4.78, 5) is 44.5. The summed E-state index contributed by atoms with van der Waals surface area (Å²) in [5.74, 6) is -0.874. The molecule has 0 amide bonds. The lowest BCUT2D eigenvalue weighted by Gasteiger charge is -2.25. The molecule has 1 aliphatic heterocycles. The summed E-state index contributed by atoms with van der Waals surface area (Å²) in [6, 6.07) is -0.706. The van der Waals surface area contributed by atoms with Gasteiger partial charge in [0.05, 0.1) is 6.04 Å². The second-order valence-corrected chi connectivity index (χ2v) is 6.76. The quantitative estimate of drug-likeness (QED) is 0.278. The van der Waals surface area contributed by atoms with Crippen LogP contribution in [-0.4, -0.2) is 43.5 Å². The Bertz CT molecular complexity index is 692. The molecule has 0 aliphatic carbocycles. The molecule has 0 fully saturated rings. The molecule has 1 aromatic rings. The van der Waals surface area contributed by atoms with E-state index >= 15 is 0 Å². The number of aldehydes is 1. The molecular weight excluding hydrogens is 344 g/mol. The molecule has 15 heteroatoms. The van der Waals surface area contributed by atoms with Crippen molar-refractivity contribution in [2.24, 2.45) is 0 Å². The van der Waals surface area contributed by atoms with E-state index in [2.05, 4.69) is 29.4 Å². The van der Waals surface area contributed by atoms with Crippen molar-refractivity contribution in [3.63, 3.8) is 0 Å². The highest BCUT2D eigenvalue weighted by molar-refractivity contribution is 7.60. The van der Waals surface area contributed by atoms with Crippen LogP contribution in [0, 0.1) is 0 Å². The van der Waals surface area contributed by atoms with E-state index in [0.717, 1.165) is 0 Å². The van der Waals surface area contributed by atoms with Crippen LogP contribution in [0.4, 0.5) is 17.5 Å². The zero-order valence-electron chi connectivity index (χ0n) is 10.6. The smallest absolute Gasteiger partial charge is 0.383 e. The molecule has 0 spiro atoms. The van der Waals surface area contributed by atoms with Gasteiger partial charge in [0, 0.05) is 6.54 Å². The van der Waals surface area contributed by atoms with Crippen molar-refractivity contribution in [3.8, 4) is 5.88 Å². The van der Waals surface area contributed by atoms with E-state index in [4.69, 9.17) is 15.5 Å². The number of hydrogen-bond donors (Lipinski definition) is 6. The number of phosphoric ester groups is 1. The molecule has 0 radical (unpaired) electrons. The van der Waals surface area contributed by atoms with Crippen LogP contribution in [0.1, 0.15) is 0 Å². The van der Waals surface area contributed by atoms with Gasteiger partial charge in [-0.3, -0.25) is 4.89 Å². The van der Waals surface area contributed by atoms with Gasteiger partial charge in [0.2, 0.25) is 5.95 Å². The number of nitrogen functional groups attached to an aromatic ring is 1. The number of nitrogens with two attached hydrogens (primary N) is 1. The van der Waals surface area contributed by atoms with Crippen molar-refractivity contribution in [3.05, 3.63) is 0 Å². The fourth-order valence-electron chi connectivity index (χ4n) is 1.57. The van der Waals surface area contributed by atoms with Crippen LogP contribution < -0.4 is 20.9 Å². The summed E-state index contributed by atoms with van der Waals surface area (Å²) in [7, 11) is -10.5. The van der Waals surface area contributed by atoms with Crippen molar-refractivity contribution in [2.45, 2.75) is 6.04 Å². The highest BCUT2D eigenvalue weighted by Gasteiger charge is 2.36. The Morgan fingerprint density at radius 3 is 2.59 bits per heavy atom. The number of rotatable bonds is 5. The Balaban J connectivity index is 2.35. The summed E-state index contributed by atoms with van der Waals surface area (Å²) < 4.78 is 30.3. The fraction of sp³-hybridized carbons (Fsp3) is 0.286. The van der Waals surface area contributed by atoms with Gasteiger partial charge in [-0.25, -0.2) is 9.13 Å². The molecule has 122 valence electrons. The molecule has 0 aromatic carbocycles. The molecule has 2 atom stereocenters. The Morgan fingerprint density at radius 2 is 2.00 bits per heavy atom. The van der Waals surface area contributed by atoms with Crippen LogP contribution in [-0.2, 0) is 18.2 Å². The first kappa shape index (κ1) is 16.6. The Labute approximate surface area is 122 Å². The summed E-state index contributed by atoms with van der Waals surface area (Å²) in [6.07, 6.45) is 0.556. The lowest BCUT2D eigenvalue weighted by atomic mass is 10.2. The lowest BCUT2D eigenvalue weighted by molar-refractivity contribution is -0.108. The van der Waals surface area contributed by atoms with Crippen molar-refractivity contribution < 1.29 is 37.4 Å². The van der Waals surface area contributed by atoms with E-state index in [9.17, 15) is 18.8 Å². The predicted molar refractivity (Wildman–Crippen MR) is 72.0 cm³/mol. The van der Waals surface area contributed by atoms with Gasteiger partial charge in [-0.1, -0.05) is 0 Å². The minimum atomic E-state index is -5.29. The van der Waals surface area contributed by atoms with Gasteiger partial charge < -0.3 is 35.5 Å². The lowest BCUT2D eigenvalue weighted by Crippen LogP contribution is -2.35. The van der Waals surface area contributed by atoms with Gasteiger partial charge in [0.1, 0.15) is 12.0 Å². The van der Waals surface area contributed by atoms with Gasteiger partial charge in [0.25, 0.3) is 5.88 Å². The first-order valence-electron chi connectivity index (χ1n) is 5.52. The van der Waals surface area contributed by atoms with E-state index in [1.54, 1.807) is 0 Å². The van der Waals surface area contributed by atoms with Crippen molar-refractivity contribution in [1.29, 1.82) is 0 Å². The Hall–Kier alpha value is -1.75. The number of phosphoric acid groups is 2. The zero-order valence-corrected chi connectivity index (χ0v) is 12.4. The van der Waals surface area contributed by atoms with Crippen molar-refractivity contribution in [1.82, 2.24) is 9.97 Å². The molecule has 1 aromatic heterocycles. The first-order chi connectivity index (χ1) is 10.1. The largest absolute Gasteiger partial charge is 0.537 e. The van der Waals surface area contributed by atoms with E-state index in [1.165, 1.54) is 0 Å². The number of anilines is 3. The van der Waals surface area contributed by atoms with Crippen LogP contribution in [0.3, 0.4) is 0 Å². The van der Waals surface area contributed by atoms with E-state index < -0.39 is 27.6 Å². The van der Waals surface area contributed by atoms with Crippen molar-refractivity contribution in [2.75, 3.05) is 22.9 Å². The molecule has 1 aliphatic rings. The van der Waals surface area contributed by atoms with Gasteiger partial charge in [-0.15, -0.1) is 0 Å². The van der Waals surface area contributed by atoms with Crippen LogP contribution in [0.2, 0.25) is 0 Å². The third-order valence-electron chi connectivity index (χ3n) is 2.29. The maximum atomic E-state index is 11.5. The number of hydrogen-bond acceptors (Lipinski definition) is 10. The Morgan fingerprint density at radius 1 is 1.32 bits per heavy atom. The third kappa shape index (κ3) is 4.13. The topological polar surface area (TPSA) is 206 Å². The summed E-state index contributed by atoms with van der Waals surface area (Å²) >= 11 is 0. The van der Waals surface area contributed by atoms with Crippen LogP contribution in [0.5, 0.6) is 5.88 Å². The minimum absolute atomic E-state index is 0.0804. The van der Waals surface area contributed by atoms with Crippen LogP contribution >= 0.6 is 15.6 Å². The SMILES string of the molecule is Nc1nc2c(c(OP(=O)(O)OP(=O)(O)O)n1)NC(C=O)CN2. The second kappa shape index (κ2) is 5.80. The standard InChI is InChI=1S/C7H11N5O8P2/c8-7-11-5-4(10-3(2-13)1-9-5)6(12-7)19-22(17,18)20-21(14,15)16/h2-3,10H,1H2,(H,17,18)(H2,14,15,16)(H3,8,9,11,12). The molecule has 2 unspecified atom stereocenters. The molecule has 22 heavy (non-hydrogen) atoms. The monoisotopic (exact) mass is 355 g/mol. The number of nitrogens with one attached hydrogen (secondary N) is 2. The number of aromatic nitrogens is 2.